The van der Waals surface area contributed by atoms with Crippen molar-refractivity contribution in [3.8, 4) is 0 Å². The summed E-state index contributed by atoms with van der Waals surface area (Å²) in [5.41, 5.74) is 5.62. The first kappa shape index (κ1) is 22.7. The van der Waals surface area contributed by atoms with E-state index in [0.717, 1.165) is 77.4 Å². The number of allylic oxidation sites excluding steroid dienone is 4. The number of amides is 1. The maximum Gasteiger partial charge on any atom is 0.255 e. The van der Waals surface area contributed by atoms with Crippen LogP contribution in [0.4, 0.5) is 0 Å². The highest BCUT2D eigenvalue weighted by Crippen LogP contribution is 2.35. The van der Waals surface area contributed by atoms with Crippen molar-refractivity contribution >= 4 is 22.4 Å². The van der Waals surface area contributed by atoms with Crippen molar-refractivity contribution in [3.63, 3.8) is 0 Å². The monoisotopic (exact) mass is 458 g/mol. The zero-order valence-electron chi connectivity index (χ0n) is 20.8. The lowest BCUT2D eigenvalue weighted by molar-refractivity contribution is -0.122. The topological polar surface area (TPSA) is 52.8 Å². The molecule has 1 atom stereocenters. The minimum absolute atomic E-state index is 0.0377. The Balaban J connectivity index is 1.43. The molecule has 1 amide bonds. The average molecular weight is 459 g/mol. The highest BCUT2D eigenvalue weighted by molar-refractivity contribution is 5.98. The number of hydrogen-bond donors (Lipinski definition) is 0. The summed E-state index contributed by atoms with van der Waals surface area (Å²) in [6.07, 6.45) is 13.3. The molecule has 1 unspecified atom stereocenters. The molecule has 0 saturated carbocycles. The number of hydrogen-bond acceptors (Lipinski definition) is 5. The van der Waals surface area contributed by atoms with E-state index < -0.39 is 0 Å². The van der Waals surface area contributed by atoms with Gasteiger partial charge in [-0.1, -0.05) is 13.0 Å². The number of furan rings is 1. The van der Waals surface area contributed by atoms with Crippen LogP contribution in [-0.4, -0.2) is 58.8 Å². The summed E-state index contributed by atoms with van der Waals surface area (Å²) in [4.78, 5) is 24.5. The highest BCUT2D eigenvalue weighted by atomic mass is 16.3. The molecule has 0 aromatic carbocycles. The normalized spacial score (nSPS) is 21.9. The first-order valence-corrected chi connectivity index (χ1v) is 12.2. The Morgan fingerprint density at radius 1 is 1.09 bits per heavy atom. The standard InChI is InChI=1S/C28H34N4O2/c1-18-6-7-23-8-9-24(31-12-10-22(11-13-31)30(4)5)17-32(23)27(33)16-25(18)26-15-21-14-19(2)29-20(3)28(21)34-26/h7-9,14-18,22H,6,10-13H2,1-5H3. The number of rotatable bonds is 3. The summed E-state index contributed by atoms with van der Waals surface area (Å²) >= 11 is 0. The van der Waals surface area contributed by atoms with Crippen molar-refractivity contribution in [2.75, 3.05) is 27.2 Å². The average Bonchev–Trinajstić information content (AvgIpc) is 3.24. The lowest BCUT2D eigenvalue weighted by Gasteiger charge is -2.38. The SMILES string of the molecule is Cc1cc2cc(C3=CC(=O)N4C=C(N5CCC(N(C)C)CC5)C=CC4=CCC3C)oc2c(C)n1. The first-order chi connectivity index (χ1) is 16.3. The predicted octanol–water partition coefficient (Wildman–Crippen LogP) is 5.02. The van der Waals surface area contributed by atoms with E-state index in [9.17, 15) is 4.79 Å². The van der Waals surface area contributed by atoms with Gasteiger partial charge in [0, 0.05) is 53.8 Å². The smallest absolute Gasteiger partial charge is 0.255 e. The fourth-order valence-corrected chi connectivity index (χ4v) is 5.28. The van der Waals surface area contributed by atoms with Gasteiger partial charge in [-0.05, 0) is 77.4 Å². The second-order valence-corrected chi connectivity index (χ2v) is 10.0. The van der Waals surface area contributed by atoms with Crippen LogP contribution in [0.15, 0.2) is 58.4 Å². The molecule has 6 heteroatoms. The van der Waals surface area contributed by atoms with Gasteiger partial charge in [0.05, 0.1) is 11.4 Å². The Labute approximate surface area is 201 Å². The molecule has 5 heterocycles. The van der Waals surface area contributed by atoms with E-state index >= 15 is 0 Å². The Bertz CT molecular complexity index is 1240. The third-order valence-electron chi connectivity index (χ3n) is 7.33. The summed E-state index contributed by atoms with van der Waals surface area (Å²) in [6, 6.07) is 4.71. The number of pyridine rings is 1. The van der Waals surface area contributed by atoms with Crippen LogP contribution in [-0.2, 0) is 4.79 Å². The predicted molar refractivity (Wildman–Crippen MR) is 136 cm³/mol. The fourth-order valence-electron chi connectivity index (χ4n) is 5.28. The molecule has 2 aromatic rings. The van der Waals surface area contributed by atoms with Gasteiger partial charge >= 0.3 is 0 Å². The Hall–Kier alpha value is -3.12. The molecule has 6 nitrogen and oxygen atoms in total. The van der Waals surface area contributed by atoms with Crippen molar-refractivity contribution in [1.29, 1.82) is 0 Å². The molecule has 3 aliphatic rings. The Kier molecular flexibility index (Phi) is 5.94. The zero-order chi connectivity index (χ0) is 24.0. The molecular formula is C28H34N4O2. The maximum absolute atomic E-state index is 13.5. The minimum Gasteiger partial charge on any atom is -0.455 e. The number of fused-ring (bicyclic) bond motifs is 2. The molecule has 0 radical (unpaired) electrons. The van der Waals surface area contributed by atoms with Gasteiger partial charge in [-0.3, -0.25) is 14.7 Å². The van der Waals surface area contributed by atoms with Crippen molar-refractivity contribution in [2.24, 2.45) is 5.92 Å². The summed E-state index contributed by atoms with van der Waals surface area (Å²) < 4.78 is 6.23. The highest BCUT2D eigenvalue weighted by Gasteiger charge is 2.27. The minimum atomic E-state index is -0.0377. The van der Waals surface area contributed by atoms with Gasteiger partial charge in [-0.25, -0.2) is 0 Å². The van der Waals surface area contributed by atoms with Gasteiger partial charge in [0.15, 0.2) is 5.58 Å². The summed E-state index contributed by atoms with van der Waals surface area (Å²) in [5.74, 6) is 0.882. The number of aryl methyl sites for hydroxylation is 2. The van der Waals surface area contributed by atoms with Crippen molar-refractivity contribution in [1.82, 2.24) is 19.7 Å². The van der Waals surface area contributed by atoms with Crippen LogP contribution in [0.1, 0.15) is 43.3 Å². The number of nitrogens with zero attached hydrogens (tertiary/aromatic N) is 4. The lowest BCUT2D eigenvalue weighted by Crippen LogP contribution is -2.42. The van der Waals surface area contributed by atoms with Crippen LogP contribution in [0.5, 0.6) is 0 Å². The van der Waals surface area contributed by atoms with Gasteiger partial charge in [-0.2, -0.15) is 0 Å². The second kappa shape index (κ2) is 8.91. The van der Waals surface area contributed by atoms with Crippen molar-refractivity contribution < 1.29 is 9.21 Å². The molecule has 2 aromatic heterocycles. The third kappa shape index (κ3) is 4.23. The van der Waals surface area contributed by atoms with E-state index in [1.165, 1.54) is 0 Å². The van der Waals surface area contributed by atoms with E-state index in [2.05, 4.69) is 54.0 Å². The number of carbonyl (C=O) groups excluding carboxylic acids is 1. The maximum atomic E-state index is 13.5. The summed E-state index contributed by atoms with van der Waals surface area (Å²) in [7, 11) is 4.31. The summed E-state index contributed by atoms with van der Waals surface area (Å²) in [5, 5.41) is 1.03. The van der Waals surface area contributed by atoms with E-state index in [0.29, 0.717) is 6.04 Å². The first-order valence-electron chi connectivity index (χ1n) is 12.2. The van der Waals surface area contributed by atoms with E-state index in [4.69, 9.17) is 4.42 Å². The fraction of sp³-hybridized carbons (Fsp3) is 0.429. The van der Waals surface area contributed by atoms with Gasteiger partial charge in [0.1, 0.15) is 5.76 Å². The van der Waals surface area contributed by atoms with Crippen molar-refractivity contribution in [3.05, 3.63) is 71.2 Å². The van der Waals surface area contributed by atoms with Crippen LogP contribution in [0, 0.1) is 19.8 Å². The van der Waals surface area contributed by atoms with E-state index in [1.807, 2.05) is 32.2 Å². The zero-order valence-corrected chi connectivity index (χ0v) is 20.8. The van der Waals surface area contributed by atoms with Crippen LogP contribution in [0.2, 0.25) is 0 Å². The van der Waals surface area contributed by atoms with Crippen LogP contribution >= 0.6 is 0 Å². The largest absolute Gasteiger partial charge is 0.455 e. The molecule has 5 rings (SSSR count). The molecule has 1 saturated heterocycles. The molecule has 3 aliphatic heterocycles. The third-order valence-corrected chi connectivity index (χ3v) is 7.33. The molecular weight excluding hydrogens is 424 g/mol. The van der Waals surface area contributed by atoms with Crippen LogP contribution < -0.4 is 0 Å². The molecule has 34 heavy (non-hydrogen) atoms. The van der Waals surface area contributed by atoms with E-state index in [-0.39, 0.29) is 11.8 Å². The van der Waals surface area contributed by atoms with Gasteiger partial charge in [-0.15, -0.1) is 0 Å². The van der Waals surface area contributed by atoms with Gasteiger partial charge in [0.2, 0.25) is 0 Å². The number of piperidine rings is 1. The van der Waals surface area contributed by atoms with Crippen molar-refractivity contribution in [2.45, 2.75) is 46.1 Å². The molecule has 0 aliphatic carbocycles. The number of likely N-dealkylation sites (tertiary alicyclic amines) is 1. The molecule has 178 valence electrons. The second-order valence-electron chi connectivity index (χ2n) is 10.0. The molecule has 0 spiro atoms. The molecule has 0 N–H and O–H groups in total. The van der Waals surface area contributed by atoms with Crippen LogP contribution in [0.3, 0.4) is 0 Å². The van der Waals surface area contributed by atoms with Gasteiger partial charge < -0.3 is 14.2 Å². The van der Waals surface area contributed by atoms with Gasteiger partial charge in [0.25, 0.3) is 5.91 Å². The molecule has 1 fully saturated rings. The van der Waals surface area contributed by atoms with Crippen LogP contribution in [0.25, 0.3) is 16.5 Å². The number of aromatic nitrogens is 1. The quantitative estimate of drug-likeness (QED) is 0.647. The van der Waals surface area contributed by atoms with E-state index in [1.54, 1.807) is 11.0 Å². The molecule has 0 bridgehead atoms. The Morgan fingerprint density at radius 3 is 2.56 bits per heavy atom. The lowest BCUT2D eigenvalue weighted by atomic mass is 9.92. The number of carbonyl (C=O) groups is 1. The Morgan fingerprint density at radius 2 is 1.82 bits per heavy atom. The summed E-state index contributed by atoms with van der Waals surface area (Å²) in [6.45, 7) is 8.11.